The predicted molar refractivity (Wildman–Crippen MR) is 47.9 cm³/mol. The van der Waals surface area contributed by atoms with E-state index in [9.17, 15) is 0 Å². The highest BCUT2D eigenvalue weighted by atomic mass is 32.1. The van der Waals surface area contributed by atoms with Crippen LogP contribution in [0.5, 0.6) is 0 Å². The maximum absolute atomic E-state index is 5.61. The van der Waals surface area contributed by atoms with E-state index in [1.165, 1.54) is 29.8 Å². The number of anilines is 1. The van der Waals surface area contributed by atoms with Gasteiger partial charge in [-0.3, -0.25) is 0 Å². The third kappa shape index (κ3) is 1.03. The second-order valence-electron chi connectivity index (χ2n) is 3.00. The van der Waals surface area contributed by atoms with E-state index in [-0.39, 0.29) is 0 Å². The van der Waals surface area contributed by atoms with Crippen LogP contribution in [0.1, 0.15) is 36.3 Å². The molecule has 0 fully saturated rings. The summed E-state index contributed by atoms with van der Waals surface area (Å²) in [6, 6.07) is 0. The van der Waals surface area contributed by atoms with E-state index < -0.39 is 0 Å². The fraction of sp³-hybridized carbons (Fsp3) is 0.625. The standard InChI is InChI=1S/C8H12N2S/c1-2-5-3-4-6-7(5)10-8(9)11-6/h5H,2-4H2,1H3,(H2,9,10). The Labute approximate surface area is 70.5 Å². The minimum absolute atomic E-state index is 0.693. The molecule has 60 valence electrons. The maximum Gasteiger partial charge on any atom is 0.180 e. The number of rotatable bonds is 1. The third-order valence-electron chi connectivity index (χ3n) is 2.34. The Morgan fingerprint density at radius 2 is 2.55 bits per heavy atom. The molecule has 0 bridgehead atoms. The molecule has 0 saturated heterocycles. The zero-order chi connectivity index (χ0) is 7.84. The molecule has 0 aliphatic heterocycles. The van der Waals surface area contributed by atoms with Gasteiger partial charge in [0.15, 0.2) is 5.13 Å². The van der Waals surface area contributed by atoms with Crippen molar-refractivity contribution < 1.29 is 0 Å². The van der Waals surface area contributed by atoms with E-state index in [1.807, 2.05) is 0 Å². The lowest BCUT2D eigenvalue weighted by atomic mass is 10.1. The molecule has 3 heteroatoms. The van der Waals surface area contributed by atoms with Crippen LogP contribution < -0.4 is 5.73 Å². The topological polar surface area (TPSA) is 38.9 Å². The summed E-state index contributed by atoms with van der Waals surface area (Å²) in [5.41, 5.74) is 6.90. The van der Waals surface area contributed by atoms with Crippen LogP contribution in [0.25, 0.3) is 0 Å². The molecule has 0 spiro atoms. The van der Waals surface area contributed by atoms with E-state index >= 15 is 0 Å². The van der Waals surface area contributed by atoms with Crippen LogP contribution in [0.2, 0.25) is 0 Å². The van der Waals surface area contributed by atoms with Gasteiger partial charge >= 0.3 is 0 Å². The van der Waals surface area contributed by atoms with Gasteiger partial charge in [-0.15, -0.1) is 11.3 Å². The normalized spacial score (nSPS) is 22.1. The van der Waals surface area contributed by atoms with Crippen molar-refractivity contribution in [3.63, 3.8) is 0 Å². The monoisotopic (exact) mass is 168 g/mol. The van der Waals surface area contributed by atoms with Gasteiger partial charge in [-0.25, -0.2) is 4.98 Å². The predicted octanol–water partition coefficient (Wildman–Crippen LogP) is 2.17. The number of nitrogen functional groups attached to an aromatic ring is 1. The first kappa shape index (κ1) is 7.10. The molecular formula is C8H12N2S. The summed E-state index contributed by atoms with van der Waals surface area (Å²) in [4.78, 5) is 5.77. The van der Waals surface area contributed by atoms with Gasteiger partial charge in [-0.05, 0) is 19.3 Å². The van der Waals surface area contributed by atoms with Crippen molar-refractivity contribution in [2.24, 2.45) is 0 Å². The molecule has 1 aromatic rings. The molecule has 1 atom stereocenters. The van der Waals surface area contributed by atoms with E-state index in [4.69, 9.17) is 5.73 Å². The Hall–Kier alpha value is -0.570. The summed E-state index contributed by atoms with van der Waals surface area (Å²) in [6.07, 6.45) is 3.68. The van der Waals surface area contributed by atoms with Crippen LogP contribution in [0.4, 0.5) is 5.13 Å². The molecule has 2 rings (SSSR count). The minimum atomic E-state index is 0.693. The van der Waals surface area contributed by atoms with Crippen molar-refractivity contribution in [1.29, 1.82) is 0 Å². The van der Waals surface area contributed by atoms with Gasteiger partial charge in [-0.1, -0.05) is 6.92 Å². The molecule has 1 aliphatic carbocycles. The van der Waals surface area contributed by atoms with E-state index in [0.717, 1.165) is 5.13 Å². The number of thiazole rings is 1. The number of nitrogens with two attached hydrogens (primary N) is 1. The fourth-order valence-corrected chi connectivity index (χ4v) is 2.65. The van der Waals surface area contributed by atoms with Crippen LogP contribution in [-0.4, -0.2) is 4.98 Å². The van der Waals surface area contributed by atoms with Gasteiger partial charge in [0.1, 0.15) is 0 Å². The largest absolute Gasteiger partial charge is 0.375 e. The highest BCUT2D eigenvalue weighted by Gasteiger charge is 2.24. The van der Waals surface area contributed by atoms with E-state index in [0.29, 0.717) is 5.92 Å². The highest BCUT2D eigenvalue weighted by molar-refractivity contribution is 7.15. The van der Waals surface area contributed by atoms with Gasteiger partial charge in [0, 0.05) is 10.8 Å². The molecule has 1 unspecified atom stereocenters. The SMILES string of the molecule is CCC1CCc2sc(N)nc21. The smallest absolute Gasteiger partial charge is 0.180 e. The Balaban J connectivity index is 2.37. The van der Waals surface area contributed by atoms with Crippen molar-refractivity contribution in [1.82, 2.24) is 4.98 Å². The summed E-state index contributed by atoms with van der Waals surface area (Å²) < 4.78 is 0. The molecular weight excluding hydrogens is 156 g/mol. The second kappa shape index (κ2) is 2.48. The maximum atomic E-state index is 5.61. The lowest BCUT2D eigenvalue weighted by Crippen LogP contribution is -1.92. The summed E-state index contributed by atoms with van der Waals surface area (Å²) in [6.45, 7) is 2.22. The third-order valence-corrected chi connectivity index (χ3v) is 3.30. The van der Waals surface area contributed by atoms with Crippen LogP contribution in [0, 0.1) is 0 Å². The van der Waals surface area contributed by atoms with Crippen LogP contribution in [0.15, 0.2) is 0 Å². The summed E-state index contributed by atoms with van der Waals surface area (Å²) in [5.74, 6) is 0.693. The number of fused-ring (bicyclic) bond motifs is 1. The van der Waals surface area contributed by atoms with Gasteiger partial charge in [0.2, 0.25) is 0 Å². The van der Waals surface area contributed by atoms with Crippen molar-refractivity contribution in [3.8, 4) is 0 Å². The summed E-state index contributed by atoms with van der Waals surface area (Å²) >= 11 is 1.66. The van der Waals surface area contributed by atoms with Crippen molar-refractivity contribution >= 4 is 16.5 Å². The second-order valence-corrected chi connectivity index (χ2v) is 4.12. The molecule has 2 nitrogen and oxygen atoms in total. The number of aryl methyl sites for hydroxylation is 1. The van der Waals surface area contributed by atoms with Crippen LogP contribution >= 0.6 is 11.3 Å². The average Bonchev–Trinajstić information content (AvgIpc) is 2.45. The molecule has 0 radical (unpaired) electrons. The Kier molecular flexibility index (Phi) is 1.60. The van der Waals surface area contributed by atoms with Gasteiger partial charge in [0.25, 0.3) is 0 Å². The Morgan fingerprint density at radius 1 is 1.73 bits per heavy atom. The van der Waals surface area contributed by atoms with Gasteiger partial charge in [-0.2, -0.15) is 0 Å². The van der Waals surface area contributed by atoms with Crippen LogP contribution in [-0.2, 0) is 6.42 Å². The lowest BCUT2D eigenvalue weighted by Gasteiger charge is -2.02. The highest BCUT2D eigenvalue weighted by Crippen LogP contribution is 2.38. The lowest BCUT2D eigenvalue weighted by molar-refractivity contribution is 0.643. The molecule has 2 N–H and O–H groups in total. The first-order valence-electron chi connectivity index (χ1n) is 4.06. The summed E-state index contributed by atoms with van der Waals surface area (Å²) in [7, 11) is 0. The minimum Gasteiger partial charge on any atom is -0.375 e. The molecule has 0 aromatic carbocycles. The van der Waals surface area contributed by atoms with E-state index in [1.54, 1.807) is 11.3 Å². The van der Waals surface area contributed by atoms with E-state index in [2.05, 4.69) is 11.9 Å². The quantitative estimate of drug-likeness (QED) is 0.698. The molecule has 1 aliphatic rings. The molecule has 1 aromatic heterocycles. The molecule has 11 heavy (non-hydrogen) atoms. The zero-order valence-electron chi connectivity index (χ0n) is 6.63. The van der Waals surface area contributed by atoms with Crippen molar-refractivity contribution in [2.75, 3.05) is 5.73 Å². The van der Waals surface area contributed by atoms with Crippen molar-refractivity contribution in [2.45, 2.75) is 32.1 Å². The van der Waals surface area contributed by atoms with Gasteiger partial charge in [0.05, 0.1) is 5.69 Å². The number of nitrogens with zero attached hydrogens (tertiary/aromatic N) is 1. The number of aromatic nitrogens is 1. The Morgan fingerprint density at radius 3 is 3.27 bits per heavy atom. The summed E-state index contributed by atoms with van der Waals surface area (Å²) in [5, 5.41) is 0.744. The molecule has 1 heterocycles. The number of hydrogen-bond acceptors (Lipinski definition) is 3. The van der Waals surface area contributed by atoms with Gasteiger partial charge < -0.3 is 5.73 Å². The first-order valence-corrected chi connectivity index (χ1v) is 4.88. The van der Waals surface area contributed by atoms with Crippen LogP contribution in [0.3, 0.4) is 0 Å². The molecule has 0 saturated carbocycles. The first-order chi connectivity index (χ1) is 5.31. The van der Waals surface area contributed by atoms with Crippen molar-refractivity contribution in [3.05, 3.63) is 10.6 Å². The average molecular weight is 168 g/mol. The Bertz CT molecular complexity index is 267. The zero-order valence-corrected chi connectivity index (χ0v) is 7.45. The fourth-order valence-electron chi connectivity index (χ4n) is 1.72. The number of hydrogen-bond donors (Lipinski definition) is 1. The molecule has 0 amide bonds.